The largest absolute Gasteiger partial charge is 0.493 e. The quantitative estimate of drug-likeness (QED) is 0.714. The number of benzene rings is 2. The fourth-order valence-electron chi connectivity index (χ4n) is 3.22. The summed E-state index contributed by atoms with van der Waals surface area (Å²) in [6.07, 6.45) is 0. The molecule has 0 N–H and O–H groups in total. The first-order chi connectivity index (χ1) is 13.5. The second-order valence-corrected chi connectivity index (χ2v) is 6.54. The van der Waals surface area contributed by atoms with E-state index < -0.39 is 5.82 Å². The van der Waals surface area contributed by atoms with Gasteiger partial charge < -0.3 is 14.4 Å². The van der Waals surface area contributed by atoms with Gasteiger partial charge in [0.25, 0.3) is 5.91 Å². The number of ether oxygens (including phenoxy) is 2. The van der Waals surface area contributed by atoms with Crippen molar-refractivity contribution < 1.29 is 23.5 Å². The maximum absolute atomic E-state index is 13.8. The van der Waals surface area contributed by atoms with Gasteiger partial charge in [-0.15, -0.1) is 0 Å². The van der Waals surface area contributed by atoms with E-state index in [1.807, 2.05) is 4.90 Å². The number of amides is 1. The molecule has 148 valence electrons. The molecular weight excluding hydrogens is 363 g/mol. The van der Waals surface area contributed by atoms with Crippen LogP contribution < -0.4 is 9.47 Å². The molecule has 0 saturated carbocycles. The van der Waals surface area contributed by atoms with Crippen LogP contribution in [0.2, 0.25) is 0 Å². The van der Waals surface area contributed by atoms with Gasteiger partial charge in [-0.05, 0) is 30.3 Å². The van der Waals surface area contributed by atoms with E-state index in [0.717, 1.165) is 0 Å². The molecule has 0 bridgehead atoms. The van der Waals surface area contributed by atoms with Crippen LogP contribution >= 0.6 is 0 Å². The molecule has 2 aromatic rings. The van der Waals surface area contributed by atoms with Crippen molar-refractivity contribution in [2.75, 3.05) is 46.9 Å². The zero-order chi connectivity index (χ0) is 20.1. The van der Waals surface area contributed by atoms with E-state index in [2.05, 4.69) is 0 Å². The Morgan fingerprint density at radius 1 is 0.964 bits per heavy atom. The molecule has 0 aromatic heterocycles. The van der Waals surface area contributed by atoms with Crippen LogP contribution in [-0.2, 0) is 0 Å². The molecular formula is C21H23FN2O4. The third-order valence-electron chi connectivity index (χ3n) is 4.84. The van der Waals surface area contributed by atoms with E-state index in [-0.39, 0.29) is 23.8 Å². The molecule has 3 rings (SSSR count). The van der Waals surface area contributed by atoms with E-state index in [9.17, 15) is 14.0 Å². The van der Waals surface area contributed by atoms with Gasteiger partial charge in [0.1, 0.15) is 5.82 Å². The zero-order valence-electron chi connectivity index (χ0n) is 16.0. The number of piperazine rings is 1. The molecule has 1 heterocycles. The fourth-order valence-corrected chi connectivity index (χ4v) is 3.22. The lowest BCUT2D eigenvalue weighted by Crippen LogP contribution is -2.50. The Hall–Kier alpha value is -2.93. The lowest BCUT2D eigenvalue weighted by molar-refractivity contribution is 0.0620. The minimum atomic E-state index is -0.515. The van der Waals surface area contributed by atoms with Gasteiger partial charge in [0, 0.05) is 31.7 Å². The molecule has 0 radical (unpaired) electrons. The Morgan fingerprint density at radius 3 is 2.29 bits per heavy atom. The second kappa shape index (κ2) is 8.84. The predicted octanol–water partition coefficient (Wildman–Crippen LogP) is 2.48. The van der Waals surface area contributed by atoms with Gasteiger partial charge in [-0.25, -0.2) is 4.39 Å². The third kappa shape index (κ3) is 4.31. The first kappa shape index (κ1) is 19.8. The van der Waals surface area contributed by atoms with Crippen LogP contribution in [0, 0.1) is 5.82 Å². The number of carbonyl (C=O) groups excluding carboxylic acids is 2. The van der Waals surface area contributed by atoms with Crippen molar-refractivity contribution in [3.05, 3.63) is 59.4 Å². The number of ketones is 1. The molecule has 1 fully saturated rings. The molecule has 2 aromatic carbocycles. The average Bonchev–Trinajstić information content (AvgIpc) is 2.73. The molecule has 7 heteroatoms. The fraction of sp³-hybridized carbons (Fsp3) is 0.333. The van der Waals surface area contributed by atoms with E-state index in [0.29, 0.717) is 43.2 Å². The minimum Gasteiger partial charge on any atom is -0.493 e. The number of Topliss-reactive ketones (excluding diaryl/α,β-unsaturated/α-hetero) is 1. The van der Waals surface area contributed by atoms with Gasteiger partial charge in [0.15, 0.2) is 17.3 Å². The highest BCUT2D eigenvalue weighted by Crippen LogP contribution is 2.27. The summed E-state index contributed by atoms with van der Waals surface area (Å²) in [5.74, 6) is 0.213. The summed E-state index contributed by atoms with van der Waals surface area (Å²) in [6, 6.07) is 11.1. The molecule has 0 aliphatic carbocycles. The van der Waals surface area contributed by atoms with E-state index >= 15 is 0 Å². The predicted molar refractivity (Wildman–Crippen MR) is 103 cm³/mol. The first-order valence-electron chi connectivity index (χ1n) is 9.05. The van der Waals surface area contributed by atoms with Crippen LogP contribution in [0.4, 0.5) is 4.39 Å². The van der Waals surface area contributed by atoms with Gasteiger partial charge in [0.05, 0.1) is 26.3 Å². The first-order valence-corrected chi connectivity index (χ1v) is 9.05. The molecule has 1 aliphatic rings. The van der Waals surface area contributed by atoms with Gasteiger partial charge in [-0.1, -0.05) is 12.1 Å². The van der Waals surface area contributed by atoms with Gasteiger partial charge in [-0.3, -0.25) is 14.5 Å². The van der Waals surface area contributed by atoms with Crippen molar-refractivity contribution in [1.29, 1.82) is 0 Å². The number of halogens is 1. The second-order valence-electron chi connectivity index (χ2n) is 6.54. The van der Waals surface area contributed by atoms with Crippen LogP contribution in [0.1, 0.15) is 20.7 Å². The van der Waals surface area contributed by atoms with Gasteiger partial charge >= 0.3 is 0 Å². The van der Waals surface area contributed by atoms with Crippen LogP contribution in [0.3, 0.4) is 0 Å². The monoisotopic (exact) mass is 386 g/mol. The van der Waals surface area contributed by atoms with Crippen molar-refractivity contribution in [3.63, 3.8) is 0 Å². The molecule has 0 atom stereocenters. The number of hydrogen-bond acceptors (Lipinski definition) is 5. The lowest BCUT2D eigenvalue weighted by Gasteiger charge is -2.34. The summed E-state index contributed by atoms with van der Waals surface area (Å²) >= 11 is 0. The SMILES string of the molecule is COc1ccc(C(=O)CN2CCN(C(=O)c3ccccc3F)CC2)cc1OC. The van der Waals surface area contributed by atoms with Gasteiger partial charge in [-0.2, -0.15) is 0 Å². The molecule has 6 nitrogen and oxygen atoms in total. The Balaban J connectivity index is 1.58. The molecule has 1 aliphatic heterocycles. The molecule has 1 saturated heterocycles. The highest BCUT2D eigenvalue weighted by atomic mass is 19.1. The smallest absolute Gasteiger partial charge is 0.256 e. The van der Waals surface area contributed by atoms with Gasteiger partial charge in [0.2, 0.25) is 0 Å². The normalized spacial score (nSPS) is 14.6. The Kier molecular flexibility index (Phi) is 6.26. The molecule has 28 heavy (non-hydrogen) atoms. The summed E-state index contributed by atoms with van der Waals surface area (Å²) in [6.45, 7) is 2.26. The van der Waals surface area contributed by atoms with Crippen LogP contribution in [0.25, 0.3) is 0 Å². The standard InChI is InChI=1S/C21H23FN2O4/c1-27-19-8-7-15(13-20(19)28-2)18(25)14-23-9-11-24(12-10-23)21(26)16-5-3-4-6-17(16)22/h3-8,13H,9-12,14H2,1-2H3. The highest BCUT2D eigenvalue weighted by Gasteiger charge is 2.25. The Bertz CT molecular complexity index is 863. The Morgan fingerprint density at radius 2 is 1.64 bits per heavy atom. The minimum absolute atomic E-state index is 0.0326. The zero-order valence-corrected chi connectivity index (χ0v) is 16.0. The van der Waals surface area contributed by atoms with E-state index in [1.165, 1.54) is 19.2 Å². The Labute approximate surface area is 163 Å². The summed E-state index contributed by atoms with van der Waals surface area (Å²) in [5, 5.41) is 0. The van der Waals surface area contributed by atoms with Crippen LogP contribution in [0.5, 0.6) is 11.5 Å². The highest BCUT2D eigenvalue weighted by molar-refractivity contribution is 5.98. The van der Waals surface area contributed by atoms with Crippen molar-refractivity contribution in [3.8, 4) is 11.5 Å². The lowest BCUT2D eigenvalue weighted by atomic mass is 10.1. The summed E-state index contributed by atoms with van der Waals surface area (Å²) in [7, 11) is 3.07. The molecule has 1 amide bonds. The third-order valence-corrected chi connectivity index (χ3v) is 4.84. The number of hydrogen-bond donors (Lipinski definition) is 0. The van der Waals surface area contributed by atoms with E-state index in [4.69, 9.17) is 9.47 Å². The summed E-state index contributed by atoms with van der Waals surface area (Å²) in [5.41, 5.74) is 0.625. The number of methoxy groups -OCH3 is 2. The van der Waals surface area contributed by atoms with Crippen molar-refractivity contribution in [1.82, 2.24) is 9.80 Å². The number of carbonyl (C=O) groups is 2. The average molecular weight is 386 g/mol. The van der Waals surface area contributed by atoms with Crippen molar-refractivity contribution >= 4 is 11.7 Å². The van der Waals surface area contributed by atoms with E-state index in [1.54, 1.807) is 42.3 Å². The number of rotatable bonds is 6. The number of nitrogens with zero attached hydrogens (tertiary/aromatic N) is 2. The van der Waals surface area contributed by atoms with Crippen LogP contribution in [-0.4, -0.2) is 68.4 Å². The maximum atomic E-state index is 13.8. The summed E-state index contributed by atoms with van der Waals surface area (Å²) in [4.78, 5) is 28.7. The maximum Gasteiger partial charge on any atom is 0.256 e. The topological polar surface area (TPSA) is 59.1 Å². The molecule has 0 unspecified atom stereocenters. The molecule has 0 spiro atoms. The van der Waals surface area contributed by atoms with Crippen LogP contribution in [0.15, 0.2) is 42.5 Å². The van der Waals surface area contributed by atoms with Crippen molar-refractivity contribution in [2.24, 2.45) is 0 Å². The summed E-state index contributed by atoms with van der Waals surface area (Å²) < 4.78 is 24.3. The van der Waals surface area contributed by atoms with Crippen molar-refractivity contribution in [2.45, 2.75) is 0 Å².